The number of nitrogens with one attached hydrogen (secondary N) is 1. The van der Waals surface area contributed by atoms with Gasteiger partial charge in [0.1, 0.15) is 0 Å². The Balaban J connectivity index is 2.26. The van der Waals surface area contributed by atoms with Crippen molar-refractivity contribution in [2.24, 2.45) is 5.41 Å². The Bertz CT molecular complexity index is 252. The molecule has 0 saturated heterocycles. The number of rotatable bonds is 6. The van der Waals surface area contributed by atoms with E-state index in [2.05, 4.69) is 24.2 Å². The zero-order valence-electron chi connectivity index (χ0n) is 8.84. The highest BCUT2D eigenvalue weighted by Gasteiger charge is 2.42. The van der Waals surface area contributed by atoms with E-state index in [-0.39, 0.29) is 11.5 Å². The molecule has 2 heteroatoms. The minimum Gasteiger partial charge on any atom is -0.303 e. The summed E-state index contributed by atoms with van der Waals surface area (Å²) in [6, 6.07) is 2.44. The highest BCUT2D eigenvalue weighted by Crippen LogP contribution is 2.47. The number of hydrogen-bond donors (Lipinski definition) is 1. The summed E-state index contributed by atoms with van der Waals surface area (Å²) in [7, 11) is 0. The fraction of sp³-hybridized carbons (Fsp3) is 0.750. The van der Waals surface area contributed by atoms with E-state index in [9.17, 15) is 0 Å². The van der Waals surface area contributed by atoms with Crippen LogP contribution in [0.2, 0.25) is 0 Å². The van der Waals surface area contributed by atoms with Gasteiger partial charge < -0.3 is 5.32 Å². The Morgan fingerprint density at radius 1 is 1.57 bits per heavy atom. The molecule has 1 rings (SSSR count). The Kier molecular flexibility index (Phi) is 3.98. The zero-order valence-corrected chi connectivity index (χ0v) is 8.84. The molecule has 1 fully saturated rings. The molecule has 0 heterocycles. The molecule has 2 nitrogen and oxygen atoms in total. The van der Waals surface area contributed by atoms with Crippen LogP contribution in [-0.4, -0.2) is 12.6 Å². The van der Waals surface area contributed by atoms with Crippen LogP contribution < -0.4 is 5.32 Å². The highest BCUT2D eigenvalue weighted by atomic mass is 14.9. The largest absolute Gasteiger partial charge is 0.303 e. The Morgan fingerprint density at radius 3 is 2.71 bits per heavy atom. The zero-order chi connectivity index (χ0) is 10.4. The standard InChI is InChI=1S/C12H18N2/c1-3-5-11(4-2)14-10-12(6-7-12)8-9-13/h2,11,14H,3,5-8,10H2,1H3. The van der Waals surface area contributed by atoms with Crippen LogP contribution in [0.1, 0.15) is 39.0 Å². The first kappa shape index (κ1) is 11.1. The molecule has 1 N–H and O–H groups in total. The first-order chi connectivity index (χ1) is 6.76. The minimum absolute atomic E-state index is 0.191. The van der Waals surface area contributed by atoms with Gasteiger partial charge in [-0.05, 0) is 24.7 Å². The van der Waals surface area contributed by atoms with Gasteiger partial charge in [-0.1, -0.05) is 19.3 Å². The molecule has 1 saturated carbocycles. The Morgan fingerprint density at radius 2 is 2.29 bits per heavy atom. The summed E-state index contributed by atoms with van der Waals surface area (Å²) in [6.07, 6.45) is 10.6. The van der Waals surface area contributed by atoms with Gasteiger partial charge in [-0.25, -0.2) is 0 Å². The molecule has 0 spiro atoms. The number of nitriles is 1. The van der Waals surface area contributed by atoms with Crippen LogP contribution in [-0.2, 0) is 0 Å². The fourth-order valence-electron chi connectivity index (χ4n) is 1.63. The molecule has 76 valence electrons. The maximum atomic E-state index is 8.65. The molecule has 0 aromatic heterocycles. The molecule has 0 aromatic carbocycles. The Labute approximate surface area is 86.7 Å². The second-order valence-electron chi connectivity index (χ2n) is 4.22. The lowest BCUT2D eigenvalue weighted by Gasteiger charge is -2.16. The van der Waals surface area contributed by atoms with Crippen molar-refractivity contribution in [3.05, 3.63) is 0 Å². The van der Waals surface area contributed by atoms with Gasteiger partial charge in [-0.15, -0.1) is 6.42 Å². The third-order valence-electron chi connectivity index (χ3n) is 2.91. The molecule has 0 amide bonds. The third kappa shape index (κ3) is 3.05. The monoisotopic (exact) mass is 190 g/mol. The smallest absolute Gasteiger partial charge is 0.0687 e. The fourth-order valence-corrected chi connectivity index (χ4v) is 1.63. The highest BCUT2D eigenvalue weighted by molar-refractivity contribution is 5.04. The van der Waals surface area contributed by atoms with Crippen molar-refractivity contribution in [2.75, 3.05) is 6.54 Å². The van der Waals surface area contributed by atoms with Crippen LogP contribution in [0.3, 0.4) is 0 Å². The average Bonchev–Trinajstić information content (AvgIpc) is 2.94. The molecule has 1 atom stereocenters. The van der Waals surface area contributed by atoms with Gasteiger partial charge in [0.25, 0.3) is 0 Å². The topological polar surface area (TPSA) is 35.8 Å². The van der Waals surface area contributed by atoms with E-state index >= 15 is 0 Å². The van der Waals surface area contributed by atoms with Crippen LogP contribution in [0.4, 0.5) is 0 Å². The van der Waals surface area contributed by atoms with Crippen molar-refractivity contribution in [1.29, 1.82) is 5.26 Å². The summed E-state index contributed by atoms with van der Waals surface area (Å²) in [4.78, 5) is 0. The minimum atomic E-state index is 0.191. The van der Waals surface area contributed by atoms with Crippen LogP contribution >= 0.6 is 0 Å². The lowest BCUT2D eigenvalue weighted by molar-refractivity contribution is 0.436. The lowest BCUT2D eigenvalue weighted by Crippen LogP contribution is -2.33. The second kappa shape index (κ2) is 5.03. The van der Waals surface area contributed by atoms with E-state index in [4.69, 9.17) is 11.7 Å². The second-order valence-corrected chi connectivity index (χ2v) is 4.22. The quantitative estimate of drug-likeness (QED) is 0.651. The van der Waals surface area contributed by atoms with Crippen molar-refractivity contribution >= 4 is 0 Å². The van der Waals surface area contributed by atoms with Gasteiger partial charge in [0, 0.05) is 13.0 Å². The maximum absolute atomic E-state index is 8.65. The average molecular weight is 190 g/mol. The predicted molar refractivity (Wildman–Crippen MR) is 57.4 cm³/mol. The molecule has 0 bridgehead atoms. The van der Waals surface area contributed by atoms with Crippen LogP contribution in [0.25, 0.3) is 0 Å². The van der Waals surface area contributed by atoms with Crippen molar-refractivity contribution in [1.82, 2.24) is 5.32 Å². The molecule has 0 aliphatic heterocycles. The molecule has 1 unspecified atom stereocenters. The van der Waals surface area contributed by atoms with E-state index in [1.165, 1.54) is 12.8 Å². The van der Waals surface area contributed by atoms with Gasteiger partial charge in [-0.2, -0.15) is 5.26 Å². The predicted octanol–water partition coefficient (Wildman–Crippen LogP) is 2.07. The normalized spacial score (nSPS) is 19.4. The third-order valence-corrected chi connectivity index (χ3v) is 2.91. The Hall–Kier alpha value is -0.990. The van der Waals surface area contributed by atoms with Crippen molar-refractivity contribution < 1.29 is 0 Å². The molecule has 0 aromatic rings. The van der Waals surface area contributed by atoms with Crippen molar-refractivity contribution in [3.8, 4) is 18.4 Å². The summed E-state index contributed by atoms with van der Waals surface area (Å²) in [5.41, 5.74) is 0.261. The molecule has 0 radical (unpaired) electrons. The molecule has 14 heavy (non-hydrogen) atoms. The molecule has 1 aliphatic rings. The maximum Gasteiger partial charge on any atom is 0.0687 e. The number of hydrogen-bond acceptors (Lipinski definition) is 2. The van der Waals surface area contributed by atoms with Crippen LogP contribution in [0.15, 0.2) is 0 Å². The summed E-state index contributed by atoms with van der Waals surface area (Å²) >= 11 is 0. The van der Waals surface area contributed by atoms with Gasteiger partial charge >= 0.3 is 0 Å². The summed E-state index contributed by atoms with van der Waals surface area (Å²) in [5, 5.41) is 12.0. The van der Waals surface area contributed by atoms with Crippen molar-refractivity contribution in [2.45, 2.75) is 45.1 Å². The number of terminal acetylenes is 1. The molecular formula is C12H18N2. The summed E-state index contributed by atoms with van der Waals surface area (Å²) < 4.78 is 0. The van der Waals surface area contributed by atoms with Gasteiger partial charge in [0.05, 0.1) is 12.1 Å². The number of nitrogens with zero attached hydrogens (tertiary/aromatic N) is 1. The van der Waals surface area contributed by atoms with Gasteiger partial charge in [0.15, 0.2) is 0 Å². The first-order valence-electron chi connectivity index (χ1n) is 5.33. The SMILES string of the molecule is C#CC(CCC)NCC1(CC#N)CC1. The first-order valence-corrected chi connectivity index (χ1v) is 5.33. The van der Waals surface area contributed by atoms with Crippen LogP contribution in [0.5, 0.6) is 0 Å². The van der Waals surface area contributed by atoms with E-state index in [0.29, 0.717) is 6.42 Å². The molecule has 1 aliphatic carbocycles. The summed E-state index contributed by atoms with van der Waals surface area (Å²) in [6.45, 7) is 3.05. The van der Waals surface area contributed by atoms with E-state index in [1.54, 1.807) is 0 Å². The summed E-state index contributed by atoms with van der Waals surface area (Å²) in [5.74, 6) is 2.75. The van der Waals surface area contributed by atoms with Gasteiger partial charge in [0.2, 0.25) is 0 Å². The van der Waals surface area contributed by atoms with Crippen molar-refractivity contribution in [3.63, 3.8) is 0 Å². The van der Waals surface area contributed by atoms with E-state index in [0.717, 1.165) is 19.4 Å². The van der Waals surface area contributed by atoms with E-state index < -0.39 is 0 Å². The molecular weight excluding hydrogens is 172 g/mol. The van der Waals surface area contributed by atoms with Crippen LogP contribution in [0, 0.1) is 29.1 Å². The van der Waals surface area contributed by atoms with E-state index in [1.807, 2.05) is 0 Å². The van der Waals surface area contributed by atoms with Gasteiger partial charge in [-0.3, -0.25) is 0 Å². The lowest BCUT2D eigenvalue weighted by atomic mass is 10.0.